The van der Waals surface area contributed by atoms with Crippen LogP contribution in [0.3, 0.4) is 0 Å². The topological polar surface area (TPSA) is 18.5 Å². The molecule has 0 amide bonds. The first kappa shape index (κ1) is 13.5. The van der Waals surface area contributed by atoms with Crippen molar-refractivity contribution in [3.8, 4) is 17.2 Å². The Balaban J connectivity index is 2.00. The van der Waals surface area contributed by atoms with E-state index in [9.17, 15) is 0 Å². The van der Waals surface area contributed by atoms with Gasteiger partial charge in [0.25, 0.3) is 0 Å². The van der Waals surface area contributed by atoms with Gasteiger partial charge >= 0.3 is 0 Å². The van der Waals surface area contributed by atoms with E-state index in [0.29, 0.717) is 0 Å². The highest BCUT2D eigenvalue weighted by atomic mass is 16.5. The molecule has 2 rings (SSSR count). The van der Waals surface area contributed by atoms with Gasteiger partial charge in [-0.1, -0.05) is 50.1 Å². The molecule has 0 atom stereocenters. The second kappa shape index (κ2) is 7.47. The smallest absolute Gasteiger partial charge is 0.169 e. The molecule has 0 aliphatic heterocycles. The molecule has 0 N–H and O–H groups in total. The summed E-state index contributed by atoms with van der Waals surface area (Å²) in [5.74, 6) is 2.40. The highest BCUT2D eigenvalue weighted by Gasteiger charge is 2.04. The SMILES string of the molecule is CCCCCOc1ccccc1Oc1ccccc1. The molecule has 100 valence electrons. The van der Waals surface area contributed by atoms with E-state index < -0.39 is 0 Å². The first-order valence-corrected chi connectivity index (χ1v) is 6.85. The highest BCUT2D eigenvalue weighted by Crippen LogP contribution is 2.31. The van der Waals surface area contributed by atoms with Crippen LogP contribution >= 0.6 is 0 Å². The van der Waals surface area contributed by atoms with Gasteiger partial charge in [0.1, 0.15) is 5.75 Å². The molecule has 0 saturated carbocycles. The van der Waals surface area contributed by atoms with Crippen molar-refractivity contribution in [2.24, 2.45) is 0 Å². The average molecular weight is 256 g/mol. The molecule has 0 unspecified atom stereocenters. The number of benzene rings is 2. The lowest BCUT2D eigenvalue weighted by atomic mass is 10.2. The van der Waals surface area contributed by atoms with Gasteiger partial charge in [-0.3, -0.25) is 0 Å². The lowest BCUT2D eigenvalue weighted by molar-refractivity contribution is 0.292. The molecule has 0 fully saturated rings. The summed E-state index contributed by atoms with van der Waals surface area (Å²) in [6.07, 6.45) is 3.48. The number of rotatable bonds is 7. The van der Waals surface area contributed by atoms with Crippen molar-refractivity contribution in [3.05, 3.63) is 54.6 Å². The largest absolute Gasteiger partial charge is 0.490 e. The normalized spacial score (nSPS) is 10.2. The fourth-order valence-corrected chi connectivity index (χ4v) is 1.80. The van der Waals surface area contributed by atoms with Crippen LogP contribution in [0.1, 0.15) is 26.2 Å². The number of ether oxygens (including phenoxy) is 2. The van der Waals surface area contributed by atoms with Gasteiger partial charge in [-0.25, -0.2) is 0 Å². The summed E-state index contributed by atoms with van der Waals surface area (Å²) < 4.78 is 11.6. The second-order valence-electron chi connectivity index (χ2n) is 4.42. The fraction of sp³-hybridized carbons (Fsp3) is 0.294. The molecule has 2 nitrogen and oxygen atoms in total. The van der Waals surface area contributed by atoms with Gasteiger partial charge in [-0.2, -0.15) is 0 Å². The van der Waals surface area contributed by atoms with E-state index in [1.165, 1.54) is 12.8 Å². The van der Waals surface area contributed by atoms with Crippen molar-refractivity contribution in [3.63, 3.8) is 0 Å². The van der Waals surface area contributed by atoms with Crippen LogP contribution in [0.2, 0.25) is 0 Å². The van der Waals surface area contributed by atoms with E-state index in [2.05, 4.69) is 6.92 Å². The molecular formula is C17H20O2. The Morgan fingerprint density at radius 3 is 2.21 bits per heavy atom. The van der Waals surface area contributed by atoms with Crippen LogP contribution in [0.4, 0.5) is 0 Å². The Morgan fingerprint density at radius 2 is 1.47 bits per heavy atom. The summed E-state index contributed by atoms with van der Waals surface area (Å²) in [5.41, 5.74) is 0. The minimum atomic E-state index is 0.739. The van der Waals surface area contributed by atoms with E-state index in [1.54, 1.807) is 0 Å². The van der Waals surface area contributed by atoms with Gasteiger partial charge in [0, 0.05) is 0 Å². The van der Waals surface area contributed by atoms with Gasteiger partial charge in [0.15, 0.2) is 11.5 Å². The lowest BCUT2D eigenvalue weighted by Gasteiger charge is -2.12. The third-order valence-corrected chi connectivity index (χ3v) is 2.83. The Hall–Kier alpha value is -1.96. The number of unbranched alkanes of at least 4 members (excludes halogenated alkanes) is 2. The minimum absolute atomic E-state index is 0.739. The molecule has 0 heterocycles. The van der Waals surface area contributed by atoms with Crippen molar-refractivity contribution in [1.82, 2.24) is 0 Å². The summed E-state index contributed by atoms with van der Waals surface area (Å²) in [4.78, 5) is 0. The molecule has 0 bridgehead atoms. The molecule has 0 radical (unpaired) electrons. The van der Waals surface area contributed by atoms with Gasteiger partial charge in [0.05, 0.1) is 6.61 Å². The molecule has 0 spiro atoms. The van der Waals surface area contributed by atoms with Crippen LogP contribution in [0.5, 0.6) is 17.2 Å². The second-order valence-corrected chi connectivity index (χ2v) is 4.42. The summed E-state index contributed by atoms with van der Waals surface area (Å²) in [6, 6.07) is 17.6. The van der Waals surface area contributed by atoms with E-state index >= 15 is 0 Å². The van der Waals surface area contributed by atoms with Crippen LogP contribution in [0.25, 0.3) is 0 Å². The fourth-order valence-electron chi connectivity index (χ4n) is 1.80. The summed E-state index contributed by atoms with van der Waals surface area (Å²) in [5, 5.41) is 0. The molecule has 0 aliphatic carbocycles. The quantitative estimate of drug-likeness (QED) is 0.645. The van der Waals surface area contributed by atoms with Crippen LogP contribution in [0, 0.1) is 0 Å². The van der Waals surface area contributed by atoms with Gasteiger partial charge in [-0.05, 0) is 30.7 Å². The molecule has 0 saturated heterocycles. The van der Waals surface area contributed by atoms with Crippen LogP contribution < -0.4 is 9.47 Å². The lowest BCUT2D eigenvalue weighted by Crippen LogP contribution is -1.98. The first-order valence-electron chi connectivity index (χ1n) is 6.85. The van der Waals surface area contributed by atoms with Gasteiger partial charge in [0.2, 0.25) is 0 Å². The maximum atomic E-state index is 5.84. The van der Waals surface area contributed by atoms with Crippen LogP contribution in [-0.4, -0.2) is 6.61 Å². The third-order valence-electron chi connectivity index (χ3n) is 2.83. The Bertz CT molecular complexity index is 480. The van der Waals surface area contributed by atoms with E-state index in [0.717, 1.165) is 30.3 Å². The number of para-hydroxylation sites is 3. The van der Waals surface area contributed by atoms with Crippen molar-refractivity contribution >= 4 is 0 Å². The van der Waals surface area contributed by atoms with E-state index in [4.69, 9.17) is 9.47 Å². The minimum Gasteiger partial charge on any atom is -0.490 e. The third kappa shape index (κ3) is 4.32. The Labute approximate surface area is 115 Å². The summed E-state index contributed by atoms with van der Waals surface area (Å²) in [6.45, 7) is 2.93. The number of hydrogen-bond donors (Lipinski definition) is 0. The summed E-state index contributed by atoms with van der Waals surface area (Å²) >= 11 is 0. The maximum Gasteiger partial charge on any atom is 0.169 e. The Morgan fingerprint density at radius 1 is 0.789 bits per heavy atom. The predicted octanol–water partition coefficient (Wildman–Crippen LogP) is 5.05. The van der Waals surface area contributed by atoms with Crippen LogP contribution in [-0.2, 0) is 0 Å². The van der Waals surface area contributed by atoms with Gasteiger partial charge in [-0.15, -0.1) is 0 Å². The zero-order valence-corrected chi connectivity index (χ0v) is 11.3. The van der Waals surface area contributed by atoms with Crippen LogP contribution in [0.15, 0.2) is 54.6 Å². The standard InChI is InChI=1S/C17H20O2/c1-2-3-9-14-18-16-12-7-8-13-17(16)19-15-10-5-4-6-11-15/h4-8,10-13H,2-3,9,14H2,1H3. The van der Waals surface area contributed by atoms with Crippen molar-refractivity contribution in [2.75, 3.05) is 6.61 Å². The van der Waals surface area contributed by atoms with Crippen molar-refractivity contribution in [2.45, 2.75) is 26.2 Å². The monoisotopic (exact) mass is 256 g/mol. The zero-order valence-electron chi connectivity index (χ0n) is 11.3. The molecule has 2 aromatic carbocycles. The van der Waals surface area contributed by atoms with Crippen molar-refractivity contribution < 1.29 is 9.47 Å². The maximum absolute atomic E-state index is 5.84. The zero-order chi connectivity index (χ0) is 13.3. The predicted molar refractivity (Wildman–Crippen MR) is 78.0 cm³/mol. The van der Waals surface area contributed by atoms with Crippen molar-refractivity contribution in [1.29, 1.82) is 0 Å². The highest BCUT2D eigenvalue weighted by molar-refractivity contribution is 5.42. The molecular weight excluding hydrogens is 236 g/mol. The first-order chi connectivity index (χ1) is 9.40. The molecule has 2 aromatic rings. The van der Waals surface area contributed by atoms with E-state index in [-0.39, 0.29) is 0 Å². The molecule has 19 heavy (non-hydrogen) atoms. The summed E-state index contributed by atoms with van der Waals surface area (Å²) in [7, 11) is 0. The molecule has 0 aliphatic rings. The van der Waals surface area contributed by atoms with E-state index in [1.807, 2.05) is 54.6 Å². The Kier molecular flexibility index (Phi) is 5.30. The molecule has 2 heteroatoms. The van der Waals surface area contributed by atoms with Gasteiger partial charge < -0.3 is 9.47 Å². The average Bonchev–Trinajstić information content (AvgIpc) is 2.46. The number of hydrogen-bond acceptors (Lipinski definition) is 2. The molecule has 0 aromatic heterocycles.